The van der Waals surface area contributed by atoms with Gasteiger partial charge in [-0.25, -0.2) is 9.97 Å². The van der Waals surface area contributed by atoms with E-state index in [1.807, 2.05) is 18.2 Å². The molecule has 5 rings (SSSR count). The first-order chi connectivity index (χ1) is 17.7. The zero-order valence-corrected chi connectivity index (χ0v) is 20.8. The third-order valence-electron chi connectivity index (χ3n) is 6.60. The lowest BCUT2D eigenvalue weighted by Crippen LogP contribution is -2.46. The smallest absolute Gasteiger partial charge is 0.193 e. The molecule has 0 spiro atoms. The first kappa shape index (κ1) is 23.9. The van der Waals surface area contributed by atoms with Gasteiger partial charge in [0.1, 0.15) is 11.8 Å². The van der Waals surface area contributed by atoms with E-state index < -0.39 is 0 Å². The van der Waals surface area contributed by atoms with Gasteiger partial charge in [0.05, 0.1) is 11.6 Å². The monoisotopic (exact) mass is 493 g/mol. The van der Waals surface area contributed by atoms with Crippen LogP contribution in [0, 0.1) is 22.7 Å². The number of H-pyrrole nitrogens is 1. The number of hydrogen-bond donors (Lipinski definition) is 1. The Labute approximate surface area is 215 Å². The summed E-state index contributed by atoms with van der Waals surface area (Å²) in [4.78, 5) is 17.9. The van der Waals surface area contributed by atoms with Gasteiger partial charge in [-0.05, 0) is 91.7 Å². The number of rotatable bonds is 8. The summed E-state index contributed by atoms with van der Waals surface area (Å²) in [6.07, 6.45) is 7.06. The fraction of sp³-hybridized carbons (Fsp3) is 0.286. The van der Waals surface area contributed by atoms with Gasteiger partial charge in [0.2, 0.25) is 0 Å². The Balaban J connectivity index is 1.06. The number of nitriles is 2. The predicted octanol–water partition coefficient (Wildman–Crippen LogP) is 5.00. The van der Waals surface area contributed by atoms with E-state index >= 15 is 0 Å². The number of aromatic amines is 1. The molecular formula is C28H27N7S. The molecule has 180 valence electrons. The van der Waals surface area contributed by atoms with E-state index in [-0.39, 0.29) is 0 Å². The minimum absolute atomic E-state index is 0.383. The molecular weight excluding hydrogens is 466 g/mol. The number of fused-ring (bicyclic) bond motifs is 1. The number of unbranched alkanes of at least 4 members (excludes halogenated alkanes) is 1. The van der Waals surface area contributed by atoms with E-state index in [1.54, 1.807) is 12.3 Å². The van der Waals surface area contributed by atoms with Gasteiger partial charge in [-0.15, -0.1) is 0 Å². The van der Waals surface area contributed by atoms with Crippen LogP contribution in [0.2, 0.25) is 0 Å². The number of piperazine rings is 1. The van der Waals surface area contributed by atoms with E-state index in [2.05, 4.69) is 67.4 Å². The molecule has 0 amide bonds. The van der Waals surface area contributed by atoms with Crippen LogP contribution in [0.15, 0.2) is 71.0 Å². The number of hydrogen-bond acceptors (Lipinski definition) is 7. The second kappa shape index (κ2) is 11.3. The van der Waals surface area contributed by atoms with Crippen LogP contribution in [-0.4, -0.2) is 52.6 Å². The molecule has 2 aromatic carbocycles. The summed E-state index contributed by atoms with van der Waals surface area (Å²) in [6, 6.07) is 20.3. The Morgan fingerprint density at radius 3 is 2.56 bits per heavy atom. The average Bonchev–Trinajstić information content (AvgIpc) is 3.34. The van der Waals surface area contributed by atoms with Crippen LogP contribution in [0.25, 0.3) is 10.9 Å². The summed E-state index contributed by atoms with van der Waals surface area (Å²) < 4.78 is 0. The molecule has 7 nitrogen and oxygen atoms in total. The van der Waals surface area contributed by atoms with E-state index in [0.717, 1.165) is 56.0 Å². The van der Waals surface area contributed by atoms with Crippen LogP contribution in [0.4, 0.5) is 5.69 Å². The van der Waals surface area contributed by atoms with Crippen LogP contribution < -0.4 is 4.90 Å². The molecule has 0 unspecified atom stereocenters. The molecule has 1 fully saturated rings. The summed E-state index contributed by atoms with van der Waals surface area (Å²) in [5, 5.41) is 19.9. The molecule has 2 aromatic heterocycles. The molecule has 1 aliphatic heterocycles. The molecule has 0 saturated carbocycles. The summed E-state index contributed by atoms with van der Waals surface area (Å²) in [7, 11) is 0. The van der Waals surface area contributed by atoms with E-state index in [9.17, 15) is 5.26 Å². The van der Waals surface area contributed by atoms with Gasteiger partial charge in [0.15, 0.2) is 5.16 Å². The van der Waals surface area contributed by atoms with Gasteiger partial charge in [0, 0.05) is 60.1 Å². The highest BCUT2D eigenvalue weighted by Crippen LogP contribution is 2.27. The molecule has 0 radical (unpaired) electrons. The largest absolute Gasteiger partial charge is 0.369 e. The van der Waals surface area contributed by atoms with Crippen molar-refractivity contribution in [2.24, 2.45) is 0 Å². The van der Waals surface area contributed by atoms with Gasteiger partial charge >= 0.3 is 0 Å². The van der Waals surface area contributed by atoms with Gasteiger partial charge in [-0.2, -0.15) is 10.5 Å². The predicted molar refractivity (Wildman–Crippen MR) is 142 cm³/mol. The van der Waals surface area contributed by atoms with Crippen LogP contribution in [-0.2, 0) is 6.42 Å². The molecule has 1 saturated heterocycles. The Morgan fingerprint density at radius 1 is 0.944 bits per heavy atom. The van der Waals surface area contributed by atoms with Gasteiger partial charge in [-0.3, -0.25) is 4.90 Å². The first-order valence-corrected chi connectivity index (χ1v) is 13.0. The summed E-state index contributed by atoms with van der Waals surface area (Å²) in [5.41, 5.74) is 4.75. The Bertz CT molecular complexity index is 1410. The molecule has 1 N–H and O–H groups in total. The van der Waals surface area contributed by atoms with Gasteiger partial charge in [-0.1, -0.05) is 0 Å². The van der Waals surface area contributed by atoms with Crippen LogP contribution >= 0.6 is 11.8 Å². The lowest BCUT2D eigenvalue weighted by atomic mass is 10.1. The average molecular weight is 494 g/mol. The summed E-state index contributed by atoms with van der Waals surface area (Å²) in [6.45, 7) is 5.32. The minimum atomic E-state index is 0.383. The van der Waals surface area contributed by atoms with E-state index in [0.29, 0.717) is 16.4 Å². The van der Waals surface area contributed by atoms with Crippen molar-refractivity contribution in [2.75, 3.05) is 37.6 Å². The third-order valence-corrected chi connectivity index (χ3v) is 7.49. The second-order valence-corrected chi connectivity index (χ2v) is 9.94. The maximum Gasteiger partial charge on any atom is 0.193 e. The number of aryl methyl sites for hydroxylation is 1. The fourth-order valence-electron chi connectivity index (χ4n) is 4.62. The maximum atomic E-state index is 9.17. The Hall–Kier alpha value is -3.85. The van der Waals surface area contributed by atoms with Crippen molar-refractivity contribution in [3.05, 3.63) is 77.7 Å². The fourth-order valence-corrected chi connectivity index (χ4v) is 5.36. The standard InChI is InChI=1S/C28H27N7S/c29-18-21-4-9-27-26(17-21)22(20-32-27)3-1-2-12-34-13-15-35(16-14-34)24-5-7-25(8-6-24)36-28-31-11-10-23(19-30)33-28/h4-11,17,20,32H,1-3,12-16H2. The van der Waals surface area contributed by atoms with Crippen LogP contribution in [0.3, 0.4) is 0 Å². The highest BCUT2D eigenvalue weighted by Gasteiger charge is 2.17. The van der Waals surface area contributed by atoms with Crippen molar-refractivity contribution in [3.8, 4) is 12.1 Å². The van der Waals surface area contributed by atoms with Gasteiger partial charge in [0.25, 0.3) is 0 Å². The first-order valence-electron chi connectivity index (χ1n) is 12.2. The van der Waals surface area contributed by atoms with Crippen LogP contribution in [0.5, 0.6) is 0 Å². The number of aromatic nitrogens is 3. The van der Waals surface area contributed by atoms with Crippen molar-refractivity contribution in [1.82, 2.24) is 19.9 Å². The molecule has 0 bridgehead atoms. The zero-order chi connectivity index (χ0) is 24.7. The normalized spacial score (nSPS) is 14.0. The van der Waals surface area contributed by atoms with E-state index in [1.165, 1.54) is 34.8 Å². The highest BCUT2D eigenvalue weighted by molar-refractivity contribution is 7.99. The zero-order valence-electron chi connectivity index (χ0n) is 20.0. The third kappa shape index (κ3) is 5.68. The highest BCUT2D eigenvalue weighted by atomic mass is 32.2. The molecule has 36 heavy (non-hydrogen) atoms. The second-order valence-electron chi connectivity index (χ2n) is 8.90. The lowest BCUT2D eigenvalue weighted by molar-refractivity contribution is 0.253. The minimum Gasteiger partial charge on any atom is -0.369 e. The molecule has 4 aromatic rings. The molecule has 3 heterocycles. The quantitative estimate of drug-likeness (QED) is 0.273. The SMILES string of the molecule is N#Cc1ccc2[nH]cc(CCCCN3CCN(c4ccc(Sc5nccc(C#N)n5)cc4)CC3)c2c1. The number of nitrogens with zero attached hydrogens (tertiary/aromatic N) is 6. The van der Waals surface area contributed by atoms with Crippen molar-refractivity contribution >= 4 is 28.4 Å². The van der Waals surface area contributed by atoms with E-state index in [4.69, 9.17) is 5.26 Å². The summed E-state index contributed by atoms with van der Waals surface area (Å²) >= 11 is 1.47. The summed E-state index contributed by atoms with van der Waals surface area (Å²) in [5.74, 6) is 0. The number of benzene rings is 2. The molecule has 8 heteroatoms. The molecule has 1 aliphatic rings. The van der Waals surface area contributed by atoms with Crippen molar-refractivity contribution in [2.45, 2.75) is 29.3 Å². The Kier molecular flexibility index (Phi) is 7.47. The molecule has 0 aliphatic carbocycles. The van der Waals surface area contributed by atoms with Crippen LogP contribution in [0.1, 0.15) is 29.7 Å². The lowest BCUT2D eigenvalue weighted by Gasteiger charge is -2.36. The van der Waals surface area contributed by atoms with Gasteiger partial charge < -0.3 is 9.88 Å². The number of nitrogens with one attached hydrogen (secondary N) is 1. The maximum absolute atomic E-state index is 9.17. The number of anilines is 1. The van der Waals surface area contributed by atoms with Crippen molar-refractivity contribution in [1.29, 1.82) is 10.5 Å². The van der Waals surface area contributed by atoms with Crippen molar-refractivity contribution in [3.63, 3.8) is 0 Å². The van der Waals surface area contributed by atoms with Crippen molar-refractivity contribution < 1.29 is 0 Å². The molecule has 0 atom stereocenters. The Morgan fingerprint density at radius 2 is 1.78 bits per heavy atom. The topological polar surface area (TPSA) is 95.6 Å².